The van der Waals surface area contributed by atoms with Crippen LogP contribution in [0.1, 0.15) is 0 Å². The van der Waals surface area contributed by atoms with E-state index in [0.29, 0.717) is 0 Å². The van der Waals surface area contributed by atoms with Crippen molar-refractivity contribution in [2.24, 2.45) is 0 Å². The zero-order chi connectivity index (χ0) is 38.2. The minimum absolute atomic E-state index is 0.863. The number of para-hydroxylation sites is 1. The van der Waals surface area contributed by atoms with E-state index >= 15 is 0 Å². The van der Waals surface area contributed by atoms with Crippen molar-refractivity contribution in [3.63, 3.8) is 0 Å². The van der Waals surface area contributed by atoms with E-state index in [1.54, 1.807) is 0 Å². The number of anilines is 3. The summed E-state index contributed by atoms with van der Waals surface area (Å²) in [7, 11) is 0. The van der Waals surface area contributed by atoms with Crippen LogP contribution >= 0.6 is 22.7 Å². The molecular weight excluding hydrogens is 743 g/mol. The molecule has 58 heavy (non-hydrogen) atoms. The van der Waals surface area contributed by atoms with Crippen LogP contribution in [0.4, 0.5) is 17.1 Å². The molecule has 272 valence electrons. The second kappa shape index (κ2) is 13.3. The fourth-order valence-electron chi connectivity index (χ4n) is 8.91. The molecule has 0 saturated heterocycles. The van der Waals surface area contributed by atoms with Gasteiger partial charge in [-0.05, 0) is 75.8 Å². The minimum atomic E-state index is 0.863. The third-order valence-electron chi connectivity index (χ3n) is 11.5. The molecule has 12 aromatic rings. The van der Waals surface area contributed by atoms with Crippen LogP contribution in [0, 0.1) is 0 Å². The van der Waals surface area contributed by atoms with Gasteiger partial charge in [0.05, 0.1) is 16.1 Å². The van der Waals surface area contributed by atoms with Gasteiger partial charge in [0.15, 0.2) is 5.58 Å². The summed E-state index contributed by atoms with van der Waals surface area (Å²) >= 11 is 3.73. The van der Waals surface area contributed by atoms with Crippen molar-refractivity contribution in [3.05, 3.63) is 200 Å². The lowest BCUT2D eigenvalue weighted by Gasteiger charge is -2.26. The number of nitrogens with zero attached hydrogens (tertiary/aromatic N) is 1. The van der Waals surface area contributed by atoms with Gasteiger partial charge in [0, 0.05) is 52.1 Å². The highest BCUT2D eigenvalue weighted by Gasteiger charge is 2.24. The summed E-state index contributed by atoms with van der Waals surface area (Å²) in [5, 5.41) is 7.36. The van der Waals surface area contributed by atoms with Crippen LogP contribution in [-0.4, -0.2) is 0 Å². The second-order valence-electron chi connectivity index (χ2n) is 14.8. The molecule has 0 aliphatic rings. The van der Waals surface area contributed by atoms with Gasteiger partial charge in [-0.15, -0.1) is 22.7 Å². The highest BCUT2D eigenvalue weighted by atomic mass is 32.1. The van der Waals surface area contributed by atoms with E-state index in [1.807, 2.05) is 22.7 Å². The Morgan fingerprint density at radius 2 is 0.897 bits per heavy atom. The average Bonchev–Trinajstić information content (AvgIpc) is 4.00. The lowest BCUT2D eigenvalue weighted by atomic mass is 9.98. The summed E-state index contributed by atoms with van der Waals surface area (Å²) in [6, 6.07) is 72.4. The molecule has 4 heteroatoms. The first kappa shape index (κ1) is 33.2. The number of hydrogen-bond acceptors (Lipinski definition) is 4. The summed E-state index contributed by atoms with van der Waals surface area (Å²) in [5.41, 5.74) is 12.2. The average molecular weight is 776 g/mol. The summed E-state index contributed by atoms with van der Waals surface area (Å²) in [6.45, 7) is 0. The molecule has 3 aromatic heterocycles. The Morgan fingerprint density at radius 3 is 1.69 bits per heavy atom. The fourth-order valence-corrected chi connectivity index (χ4v) is 11.4. The molecule has 0 radical (unpaired) electrons. The van der Waals surface area contributed by atoms with Gasteiger partial charge >= 0.3 is 0 Å². The van der Waals surface area contributed by atoms with Gasteiger partial charge < -0.3 is 9.32 Å². The molecule has 0 spiro atoms. The van der Waals surface area contributed by atoms with E-state index in [-0.39, 0.29) is 0 Å². The summed E-state index contributed by atoms with van der Waals surface area (Å²) in [5.74, 6) is 0. The highest BCUT2D eigenvalue weighted by molar-refractivity contribution is 7.27. The van der Waals surface area contributed by atoms with Crippen molar-refractivity contribution in [1.29, 1.82) is 0 Å². The molecule has 0 amide bonds. The van der Waals surface area contributed by atoms with Gasteiger partial charge in [-0.3, -0.25) is 0 Å². The Hall–Kier alpha value is -6.98. The van der Waals surface area contributed by atoms with E-state index in [2.05, 4.69) is 205 Å². The molecule has 0 atom stereocenters. The predicted molar refractivity (Wildman–Crippen MR) is 250 cm³/mol. The van der Waals surface area contributed by atoms with Crippen molar-refractivity contribution in [1.82, 2.24) is 0 Å². The molecule has 3 heterocycles. The first-order chi connectivity index (χ1) is 28.8. The van der Waals surface area contributed by atoms with Crippen molar-refractivity contribution in [3.8, 4) is 33.4 Å². The maximum Gasteiger partial charge on any atom is 0.159 e. The SMILES string of the molecule is c1ccc(-c2cccc3c2sc2c(N(c4ccc(-c5cccc6sc7ccccc7c56)cc4)c4cccc5c4oc4cccc(-c6ccccc6)c45)cccc23)cc1. The third-order valence-corrected chi connectivity index (χ3v) is 13.9. The molecule has 0 N–H and O–H groups in total. The molecule has 2 nitrogen and oxygen atoms in total. The van der Waals surface area contributed by atoms with Crippen molar-refractivity contribution >= 4 is 102 Å². The largest absolute Gasteiger partial charge is 0.454 e. The van der Waals surface area contributed by atoms with Crippen LogP contribution < -0.4 is 4.90 Å². The predicted octanol–water partition coefficient (Wildman–Crippen LogP) is 16.8. The fraction of sp³-hybridized carbons (Fsp3) is 0. The van der Waals surface area contributed by atoms with E-state index in [0.717, 1.165) is 39.0 Å². The Labute approximate surface area is 343 Å². The number of furan rings is 1. The van der Waals surface area contributed by atoms with Gasteiger partial charge in [0.2, 0.25) is 0 Å². The lowest BCUT2D eigenvalue weighted by molar-refractivity contribution is 0.669. The van der Waals surface area contributed by atoms with E-state index < -0.39 is 0 Å². The molecule has 0 fully saturated rings. The third kappa shape index (κ3) is 5.16. The standard InChI is InChI=1S/C54H33NOS2/c1-3-14-34(15-4-1)38-19-12-27-47-50(38)44-24-11-25-45(52(44)56-47)55(37-32-30-36(31-33-37)39-20-13-29-49-51(39)43-18-7-8-28-48(43)57-49)46-26-10-23-42-41-22-9-21-40(53(41)58-54(42)46)35-16-5-2-6-17-35/h1-33H. The normalized spacial score (nSPS) is 11.8. The Balaban J connectivity index is 1.10. The van der Waals surface area contributed by atoms with Crippen molar-refractivity contribution in [2.45, 2.75) is 0 Å². The number of thiophene rings is 2. The number of hydrogen-bond donors (Lipinski definition) is 0. The van der Waals surface area contributed by atoms with E-state index in [9.17, 15) is 0 Å². The smallest absolute Gasteiger partial charge is 0.159 e. The number of benzene rings is 9. The quantitative estimate of drug-likeness (QED) is 0.167. The summed E-state index contributed by atoms with van der Waals surface area (Å²) in [4.78, 5) is 2.41. The van der Waals surface area contributed by atoms with Crippen LogP contribution in [0.15, 0.2) is 205 Å². The number of rotatable bonds is 6. The molecule has 9 aromatic carbocycles. The zero-order valence-electron chi connectivity index (χ0n) is 31.2. The van der Waals surface area contributed by atoms with Crippen LogP contribution in [0.5, 0.6) is 0 Å². The first-order valence-corrected chi connectivity index (χ1v) is 21.2. The molecule has 0 aliphatic heterocycles. The number of fused-ring (bicyclic) bond motifs is 9. The maximum absolute atomic E-state index is 6.95. The van der Waals surface area contributed by atoms with E-state index in [1.165, 1.54) is 73.7 Å². The van der Waals surface area contributed by atoms with E-state index in [4.69, 9.17) is 4.42 Å². The second-order valence-corrected chi connectivity index (χ2v) is 16.9. The Morgan fingerprint density at radius 1 is 0.345 bits per heavy atom. The molecule has 0 unspecified atom stereocenters. The minimum Gasteiger partial charge on any atom is -0.454 e. The van der Waals surface area contributed by atoms with Gasteiger partial charge in [-0.2, -0.15) is 0 Å². The molecule has 0 aliphatic carbocycles. The zero-order valence-corrected chi connectivity index (χ0v) is 32.9. The van der Waals surface area contributed by atoms with Crippen molar-refractivity contribution in [2.75, 3.05) is 4.90 Å². The van der Waals surface area contributed by atoms with Crippen LogP contribution in [0.25, 0.3) is 95.7 Å². The molecular formula is C54H33NOS2. The van der Waals surface area contributed by atoms with Crippen LogP contribution in [0.2, 0.25) is 0 Å². The Bertz CT molecular complexity index is 3490. The monoisotopic (exact) mass is 775 g/mol. The molecule has 12 rings (SSSR count). The Kier molecular flexibility index (Phi) is 7.62. The first-order valence-electron chi connectivity index (χ1n) is 19.6. The van der Waals surface area contributed by atoms with Gasteiger partial charge in [0.25, 0.3) is 0 Å². The van der Waals surface area contributed by atoms with Gasteiger partial charge in [0.1, 0.15) is 5.58 Å². The van der Waals surface area contributed by atoms with Gasteiger partial charge in [-0.25, -0.2) is 0 Å². The highest BCUT2D eigenvalue weighted by Crippen LogP contribution is 2.50. The van der Waals surface area contributed by atoms with Gasteiger partial charge in [-0.1, -0.05) is 158 Å². The summed E-state index contributed by atoms with van der Waals surface area (Å²) < 4.78 is 12.1. The molecule has 0 saturated carbocycles. The maximum atomic E-state index is 6.95. The topological polar surface area (TPSA) is 16.4 Å². The van der Waals surface area contributed by atoms with Crippen LogP contribution in [0.3, 0.4) is 0 Å². The van der Waals surface area contributed by atoms with Crippen LogP contribution in [-0.2, 0) is 0 Å². The summed E-state index contributed by atoms with van der Waals surface area (Å²) in [6.07, 6.45) is 0. The lowest BCUT2D eigenvalue weighted by Crippen LogP contribution is -2.10. The van der Waals surface area contributed by atoms with Crippen molar-refractivity contribution < 1.29 is 4.42 Å². The molecule has 0 bridgehead atoms.